The van der Waals surface area contributed by atoms with Gasteiger partial charge in [0, 0.05) is 24.3 Å². The van der Waals surface area contributed by atoms with Gasteiger partial charge >= 0.3 is 5.97 Å². The lowest BCUT2D eigenvalue weighted by Crippen LogP contribution is -2.38. The van der Waals surface area contributed by atoms with Crippen LogP contribution in [0.3, 0.4) is 0 Å². The molecule has 20 heavy (non-hydrogen) atoms. The van der Waals surface area contributed by atoms with Crippen molar-refractivity contribution in [1.82, 2.24) is 9.29 Å². The van der Waals surface area contributed by atoms with Crippen LogP contribution in [0.5, 0.6) is 0 Å². The summed E-state index contributed by atoms with van der Waals surface area (Å²) in [5, 5.41) is 9.07. The third-order valence-electron chi connectivity index (χ3n) is 3.76. The van der Waals surface area contributed by atoms with Crippen molar-refractivity contribution < 1.29 is 18.3 Å². The summed E-state index contributed by atoms with van der Waals surface area (Å²) >= 11 is 0. The maximum Gasteiger partial charge on any atom is 0.352 e. The molecule has 1 atom stereocenters. The zero-order valence-electron chi connectivity index (χ0n) is 12.7. The van der Waals surface area contributed by atoms with Crippen molar-refractivity contribution in [2.45, 2.75) is 45.6 Å². The smallest absolute Gasteiger partial charge is 0.352 e. The number of carboxylic acid groups (broad SMARTS) is 1. The number of aromatic carboxylic acids is 1. The molecule has 0 bridgehead atoms. The Morgan fingerprint density at radius 2 is 1.75 bits per heavy atom. The number of aromatic amines is 1. The molecule has 6 nitrogen and oxygen atoms in total. The van der Waals surface area contributed by atoms with Gasteiger partial charge in [-0.25, -0.2) is 13.2 Å². The molecule has 0 aliphatic heterocycles. The summed E-state index contributed by atoms with van der Waals surface area (Å²) in [7, 11) is -2.20. The van der Waals surface area contributed by atoms with E-state index in [-0.39, 0.29) is 28.1 Å². The van der Waals surface area contributed by atoms with Gasteiger partial charge in [0.25, 0.3) is 0 Å². The number of rotatable bonds is 5. The van der Waals surface area contributed by atoms with Gasteiger partial charge in [0.15, 0.2) is 0 Å². The normalized spacial score (nSPS) is 14.0. The Morgan fingerprint density at radius 1 is 1.25 bits per heavy atom. The first-order valence-electron chi connectivity index (χ1n) is 6.42. The molecule has 0 aromatic carbocycles. The predicted molar refractivity (Wildman–Crippen MR) is 76.5 cm³/mol. The molecular formula is C13H22N2O4S. The Bertz CT molecular complexity index is 617. The first kappa shape index (κ1) is 16.7. The molecular weight excluding hydrogens is 280 g/mol. The molecule has 0 amide bonds. The van der Waals surface area contributed by atoms with Crippen molar-refractivity contribution in [3.05, 3.63) is 17.0 Å². The van der Waals surface area contributed by atoms with Crippen LogP contribution in [0.15, 0.2) is 4.90 Å². The lowest BCUT2D eigenvalue weighted by atomic mass is 10.1. The molecule has 7 heteroatoms. The molecule has 0 aliphatic rings. The van der Waals surface area contributed by atoms with Crippen molar-refractivity contribution in [3.63, 3.8) is 0 Å². The average molecular weight is 302 g/mol. The van der Waals surface area contributed by atoms with Crippen LogP contribution < -0.4 is 0 Å². The summed E-state index contributed by atoms with van der Waals surface area (Å²) in [5.41, 5.74) is 0.521. The molecule has 0 saturated carbocycles. The minimum atomic E-state index is -3.72. The highest BCUT2D eigenvalue weighted by Gasteiger charge is 2.32. The topological polar surface area (TPSA) is 90.5 Å². The first-order chi connectivity index (χ1) is 9.01. The van der Waals surface area contributed by atoms with E-state index in [1.54, 1.807) is 6.92 Å². The SMILES string of the molecule is Cc1[nH]c(C(=O)O)c(C)c1S(=O)(=O)N(C)C(C)C(C)C. The first-order valence-corrected chi connectivity index (χ1v) is 7.86. The Hall–Kier alpha value is -1.34. The Labute approximate surface area is 119 Å². The van der Waals surface area contributed by atoms with Gasteiger partial charge in [-0.05, 0) is 26.7 Å². The highest BCUT2D eigenvalue weighted by Crippen LogP contribution is 2.27. The number of aryl methyl sites for hydroxylation is 1. The summed E-state index contributed by atoms with van der Waals surface area (Å²) in [6, 6.07) is -0.179. The van der Waals surface area contributed by atoms with Crippen molar-refractivity contribution >= 4 is 16.0 Å². The van der Waals surface area contributed by atoms with Gasteiger partial charge in [-0.3, -0.25) is 0 Å². The molecule has 1 aromatic rings. The van der Waals surface area contributed by atoms with Crippen LogP contribution in [0, 0.1) is 19.8 Å². The van der Waals surface area contributed by atoms with E-state index < -0.39 is 16.0 Å². The zero-order valence-corrected chi connectivity index (χ0v) is 13.5. The Morgan fingerprint density at radius 3 is 2.10 bits per heavy atom. The molecule has 1 heterocycles. The fraction of sp³-hybridized carbons (Fsp3) is 0.615. The monoisotopic (exact) mass is 302 g/mol. The number of hydrogen-bond donors (Lipinski definition) is 2. The third-order valence-corrected chi connectivity index (χ3v) is 5.98. The van der Waals surface area contributed by atoms with Crippen LogP contribution in [0.2, 0.25) is 0 Å². The minimum Gasteiger partial charge on any atom is -0.477 e. The number of carbonyl (C=O) groups is 1. The van der Waals surface area contributed by atoms with Crippen LogP contribution in [0.25, 0.3) is 0 Å². The van der Waals surface area contributed by atoms with Gasteiger partial charge in [-0.1, -0.05) is 13.8 Å². The predicted octanol–water partition coefficient (Wildman–Crippen LogP) is 1.99. The van der Waals surface area contributed by atoms with Crippen LogP contribution in [0.1, 0.15) is 42.5 Å². The number of aromatic nitrogens is 1. The van der Waals surface area contributed by atoms with E-state index in [1.165, 1.54) is 18.3 Å². The van der Waals surface area contributed by atoms with E-state index in [9.17, 15) is 13.2 Å². The number of carboxylic acids is 1. The van der Waals surface area contributed by atoms with Crippen molar-refractivity contribution in [2.75, 3.05) is 7.05 Å². The molecule has 0 spiro atoms. The molecule has 114 valence electrons. The minimum absolute atomic E-state index is 0.0601. The number of nitrogens with one attached hydrogen (secondary N) is 1. The van der Waals surface area contributed by atoms with E-state index in [1.807, 2.05) is 20.8 Å². The van der Waals surface area contributed by atoms with E-state index in [0.717, 1.165) is 0 Å². The van der Waals surface area contributed by atoms with E-state index in [2.05, 4.69) is 4.98 Å². The van der Waals surface area contributed by atoms with Gasteiger partial charge < -0.3 is 10.1 Å². The fourth-order valence-corrected chi connectivity index (χ4v) is 4.01. The summed E-state index contributed by atoms with van der Waals surface area (Å²) in [6.45, 7) is 8.79. The number of H-pyrrole nitrogens is 1. The maximum atomic E-state index is 12.7. The highest BCUT2D eigenvalue weighted by molar-refractivity contribution is 7.89. The molecule has 0 fully saturated rings. The van der Waals surface area contributed by atoms with Crippen molar-refractivity contribution in [1.29, 1.82) is 0 Å². The summed E-state index contributed by atoms with van der Waals surface area (Å²) in [6.07, 6.45) is 0. The van der Waals surface area contributed by atoms with E-state index in [4.69, 9.17) is 5.11 Å². The highest BCUT2D eigenvalue weighted by atomic mass is 32.2. The van der Waals surface area contributed by atoms with Gasteiger partial charge in [-0.2, -0.15) is 4.31 Å². The molecule has 1 aromatic heterocycles. The van der Waals surface area contributed by atoms with Gasteiger partial charge in [0.2, 0.25) is 10.0 Å². The number of hydrogen-bond acceptors (Lipinski definition) is 3. The molecule has 1 unspecified atom stereocenters. The molecule has 0 saturated heterocycles. The van der Waals surface area contributed by atoms with E-state index >= 15 is 0 Å². The second kappa shape index (κ2) is 5.57. The number of sulfonamides is 1. The second-order valence-corrected chi connectivity index (χ2v) is 7.32. The summed E-state index contributed by atoms with van der Waals surface area (Å²) in [5.74, 6) is -1.00. The van der Waals surface area contributed by atoms with Crippen LogP contribution in [-0.2, 0) is 10.0 Å². The molecule has 0 aliphatic carbocycles. The fourth-order valence-electron chi connectivity index (χ4n) is 2.12. The zero-order chi connectivity index (χ0) is 15.8. The summed E-state index contributed by atoms with van der Waals surface area (Å²) in [4.78, 5) is 13.8. The third kappa shape index (κ3) is 2.73. The van der Waals surface area contributed by atoms with Gasteiger partial charge in [0.05, 0.1) is 0 Å². The Kier molecular flexibility index (Phi) is 4.66. The number of nitrogens with zero attached hydrogens (tertiary/aromatic N) is 1. The average Bonchev–Trinajstić information content (AvgIpc) is 2.63. The molecule has 2 N–H and O–H groups in total. The van der Waals surface area contributed by atoms with Crippen molar-refractivity contribution in [2.24, 2.45) is 5.92 Å². The second-order valence-electron chi connectivity index (χ2n) is 5.39. The van der Waals surface area contributed by atoms with Crippen LogP contribution in [-0.4, -0.2) is 41.9 Å². The standard InChI is InChI=1S/C13H22N2O4S/c1-7(2)10(5)15(6)20(18,19)12-8(3)11(13(16)17)14-9(12)4/h7,10,14H,1-6H3,(H,16,17). The van der Waals surface area contributed by atoms with Crippen LogP contribution >= 0.6 is 0 Å². The molecule has 1 rings (SSSR count). The van der Waals surface area contributed by atoms with Crippen molar-refractivity contribution in [3.8, 4) is 0 Å². The quantitative estimate of drug-likeness (QED) is 0.870. The van der Waals surface area contributed by atoms with E-state index in [0.29, 0.717) is 5.69 Å². The van der Waals surface area contributed by atoms with Gasteiger partial charge in [0.1, 0.15) is 10.6 Å². The summed E-state index contributed by atoms with van der Waals surface area (Å²) < 4.78 is 26.6. The largest absolute Gasteiger partial charge is 0.477 e. The van der Waals surface area contributed by atoms with Gasteiger partial charge in [-0.15, -0.1) is 0 Å². The lowest BCUT2D eigenvalue weighted by Gasteiger charge is -2.27. The maximum absolute atomic E-state index is 12.7. The van der Waals surface area contributed by atoms with Crippen LogP contribution in [0.4, 0.5) is 0 Å². The Balaban J connectivity index is 3.41. The lowest BCUT2D eigenvalue weighted by molar-refractivity contribution is 0.0690. The molecule has 0 radical (unpaired) electrons.